The fraction of sp³-hybridized carbons (Fsp3) is 0.500. The molecule has 18 heavy (non-hydrogen) atoms. The van der Waals surface area contributed by atoms with E-state index in [1.807, 2.05) is 12.1 Å². The van der Waals surface area contributed by atoms with Crippen LogP contribution in [0.4, 0.5) is 10.5 Å². The first-order valence-corrected chi connectivity index (χ1v) is 6.56. The van der Waals surface area contributed by atoms with Crippen LogP contribution in [0, 0.1) is 0 Å². The Balaban J connectivity index is 1.90. The van der Waals surface area contributed by atoms with Gasteiger partial charge in [-0.15, -0.1) is 0 Å². The number of aliphatic hydroxyl groups excluding tert-OH is 1. The van der Waals surface area contributed by atoms with E-state index in [2.05, 4.69) is 10.6 Å². The molecule has 4 heteroatoms. The number of hydrogen-bond acceptors (Lipinski definition) is 2. The summed E-state index contributed by atoms with van der Waals surface area (Å²) in [5.41, 5.74) is 1.41. The molecular weight excluding hydrogens is 228 g/mol. The molecule has 0 radical (unpaired) electrons. The molecule has 3 N–H and O–H groups in total. The zero-order chi connectivity index (χ0) is 12.8. The molecule has 0 bridgehead atoms. The molecule has 1 saturated carbocycles. The highest BCUT2D eigenvalue weighted by atomic mass is 16.3. The molecule has 0 aliphatic heterocycles. The number of anilines is 1. The second-order valence-corrected chi connectivity index (χ2v) is 4.75. The van der Waals surface area contributed by atoms with E-state index in [-0.39, 0.29) is 12.6 Å². The molecule has 0 unspecified atom stereocenters. The van der Waals surface area contributed by atoms with E-state index in [9.17, 15) is 9.90 Å². The zero-order valence-corrected chi connectivity index (χ0v) is 10.5. The van der Waals surface area contributed by atoms with Gasteiger partial charge < -0.3 is 15.7 Å². The van der Waals surface area contributed by atoms with Crippen molar-refractivity contribution in [2.75, 3.05) is 5.32 Å². The molecule has 1 aromatic carbocycles. The first-order chi connectivity index (χ1) is 8.79. The second-order valence-electron chi connectivity index (χ2n) is 4.75. The van der Waals surface area contributed by atoms with Gasteiger partial charge in [-0.1, -0.05) is 37.5 Å². The molecule has 1 aromatic rings. The molecule has 1 aliphatic rings. The molecule has 1 aliphatic carbocycles. The molecule has 0 spiro atoms. The average molecular weight is 248 g/mol. The lowest BCUT2D eigenvalue weighted by Gasteiger charge is -2.23. The fourth-order valence-electron chi connectivity index (χ4n) is 2.37. The van der Waals surface area contributed by atoms with E-state index in [1.165, 1.54) is 19.3 Å². The van der Waals surface area contributed by atoms with Gasteiger partial charge in [0.1, 0.15) is 0 Å². The Labute approximate surface area is 107 Å². The zero-order valence-electron chi connectivity index (χ0n) is 10.5. The van der Waals surface area contributed by atoms with E-state index in [0.29, 0.717) is 11.7 Å². The number of para-hydroxylation sites is 1. The van der Waals surface area contributed by atoms with Crippen molar-refractivity contribution in [3.63, 3.8) is 0 Å². The Kier molecular flexibility index (Phi) is 4.59. The topological polar surface area (TPSA) is 61.4 Å². The number of amides is 2. The van der Waals surface area contributed by atoms with Crippen LogP contribution in [0.3, 0.4) is 0 Å². The quantitative estimate of drug-likeness (QED) is 0.770. The van der Waals surface area contributed by atoms with E-state index in [0.717, 1.165) is 18.4 Å². The maximum atomic E-state index is 11.8. The lowest BCUT2D eigenvalue weighted by atomic mass is 9.96. The van der Waals surface area contributed by atoms with Crippen LogP contribution < -0.4 is 10.6 Å². The Morgan fingerprint density at radius 3 is 2.67 bits per heavy atom. The first-order valence-electron chi connectivity index (χ1n) is 6.56. The van der Waals surface area contributed by atoms with Crippen molar-refractivity contribution in [3.8, 4) is 0 Å². The van der Waals surface area contributed by atoms with Crippen LogP contribution in [0.25, 0.3) is 0 Å². The van der Waals surface area contributed by atoms with Crippen LogP contribution in [0.15, 0.2) is 24.3 Å². The van der Waals surface area contributed by atoms with Crippen molar-refractivity contribution in [2.45, 2.75) is 44.8 Å². The van der Waals surface area contributed by atoms with Gasteiger partial charge in [-0.05, 0) is 18.9 Å². The van der Waals surface area contributed by atoms with E-state index in [4.69, 9.17) is 0 Å². The lowest BCUT2D eigenvalue weighted by Crippen LogP contribution is -2.39. The monoisotopic (exact) mass is 248 g/mol. The van der Waals surface area contributed by atoms with Gasteiger partial charge in [0.05, 0.1) is 6.61 Å². The van der Waals surface area contributed by atoms with Crippen molar-refractivity contribution in [2.24, 2.45) is 0 Å². The number of benzene rings is 1. The maximum absolute atomic E-state index is 11.8. The van der Waals surface area contributed by atoms with E-state index >= 15 is 0 Å². The Hall–Kier alpha value is -1.55. The van der Waals surface area contributed by atoms with Gasteiger partial charge >= 0.3 is 6.03 Å². The van der Waals surface area contributed by atoms with Gasteiger partial charge in [0, 0.05) is 17.3 Å². The van der Waals surface area contributed by atoms with E-state index < -0.39 is 0 Å². The third-order valence-electron chi connectivity index (χ3n) is 3.38. The Morgan fingerprint density at radius 2 is 1.94 bits per heavy atom. The van der Waals surface area contributed by atoms with E-state index in [1.54, 1.807) is 12.1 Å². The first kappa shape index (κ1) is 12.9. The molecule has 0 atom stereocenters. The molecule has 1 fully saturated rings. The highest BCUT2D eigenvalue weighted by molar-refractivity contribution is 5.90. The van der Waals surface area contributed by atoms with Crippen LogP contribution >= 0.6 is 0 Å². The molecule has 4 nitrogen and oxygen atoms in total. The van der Waals surface area contributed by atoms with Crippen LogP contribution in [0.5, 0.6) is 0 Å². The third-order valence-corrected chi connectivity index (χ3v) is 3.38. The van der Waals surface area contributed by atoms with Crippen molar-refractivity contribution in [3.05, 3.63) is 29.8 Å². The van der Waals surface area contributed by atoms with Gasteiger partial charge in [0.2, 0.25) is 0 Å². The normalized spacial score (nSPS) is 16.3. The fourth-order valence-corrected chi connectivity index (χ4v) is 2.37. The minimum Gasteiger partial charge on any atom is -0.392 e. The van der Waals surface area contributed by atoms with Crippen molar-refractivity contribution < 1.29 is 9.90 Å². The van der Waals surface area contributed by atoms with Gasteiger partial charge in [0.25, 0.3) is 0 Å². The van der Waals surface area contributed by atoms with Crippen molar-refractivity contribution in [1.29, 1.82) is 0 Å². The molecule has 2 rings (SSSR count). The highest BCUT2D eigenvalue weighted by Crippen LogP contribution is 2.18. The maximum Gasteiger partial charge on any atom is 0.319 e. The molecule has 0 heterocycles. The van der Waals surface area contributed by atoms with Gasteiger partial charge in [-0.2, -0.15) is 0 Å². The minimum atomic E-state index is -0.178. The molecule has 98 valence electrons. The second kappa shape index (κ2) is 6.40. The number of carbonyl (C=O) groups is 1. The number of nitrogens with one attached hydrogen (secondary N) is 2. The predicted molar refractivity (Wildman–Crippen MR) is 71.4 cm³/mol. The Bertz CT molecular complexity index is 401. The summed E-state index contributed by atoms with van der Waals surface area (Å²) in [5.74, 6) is 0. The van der Waals surface area contributed by atoms with Crippen LogP contribution in [0.1, 0.15) is 37.7 Å². The summed E-state index contributed by atoms with van der Waals surface area (Å²) in [5, 5.41) is 15.0. The highest BCUT2D eigenvalue weighted by Gasteiger charge is 2.15. The molecule has 0 saturated heterocycles. The third kappa shape index (κ3) is 3.47. The summed E-state index contributed by atoms with van der Waals surface area (Å²) >= 11 is 0. The molecular formula is C14H20N2O2. The van der Waals surface area contributed by atoms with Crippen molar-refractivity contribution in [1.82, 2.24) is 5.32 Å². The number of aliphatic hydroxyl groups is 1. The molecule has 2 amide bonds. The largest absolute Gasteiger partial charge is 0.392 e. The van der Waals surface area contributed by atoms with Gasteiger partial charge in [-0.3, -0.25) is 0 Å². The molecule has 0 aromatic heterocycles. The average Bonchev–Trinajstić information content (AvgIpc) is 2.40. The standard InChI is InChI=1S/C14H20N2O2/c17-10-11-6-4-5-9-13(11)16-14(18)15-12-7-2-1-3-8-12/h4-6,9,12,17H,1-3,7-8,10H2,(H2,15,16,18). The van der Waals surface area contributed by atoms with Crippen molar-refractivity contribution >= 4 is 11.7 Å². The number of hydrogen-bond donors (Lipinski definition) is 3. The SMILES string of the molecule is O=C(Nc1ccccc1CO)NC1CCCCC1. The Morgan fingerprint density at radius 1 is 1.22 bits per heavy atom. The van der Waals surface area contributed by atoms with Crippen LogP contribution in [-0.4, -0.2) is 17.2 Å². The summed E-state index contributed by atoms with van der Waals surface area (Å²) < 4.78 is 0. The van der Waals surface area contributed by atoms with Crippen LogP contribution in [0.2, 0.25) is 0 Å². The van der Waals surface area contributed by atoms with Gasteiger partial charge in [0.15, 0.2) is 0 Å². The summed E-state index contributed by atoms with van der Waals surface area (Å²) in [6.45, 7) is -0.0696. The smallest absolute Gasteiger partial charge is 0.319 e. The summed E-state index contributed by atoms with van der Waals surface area (Å²) in [6.07, 6.45) is 5.79. The van der Waals surface area contributed by atoms with Crippen LogP contribution in [-0.2, 0) is 6.61 Å². The number of urea groups is 1. The number of rotatable bonds is 3. The summed E-state index contributed by atoms with van der Waals surface area (Å²) in [4.78, 5) is 11.8. The summed E-state index contributed by atoms with van der Waals surface area (Å²) in [7, 11) is 0. The number of carbonyl (C=O) groups excluding carboxylic acids is 1. The lowest BCUT2D eigenvalue weighted by molar-refractivity contribution is 0.244. The summed E-state index contributed by atoms with van der Waals surface area (Å²) in [6, 6.07) is 7.40. The van der Waals surface area contributed by atoms with Gasteiger partial charge in [-0.25, -0.2) is 4.79 Å². The predicted octanol–water partition coefficient (Wildman–Crippen LogP) is 2.63. The minimum absolute atomic E-state index is 0.0696.